The molecule has 1 unspecified atom stereocenters. The molecule has 3 rings (SSSR count). The van der Waals surface area contributed by atoms with Crippen molar-refractivity contribution in [2.24, 2.45) is 5.41 Å². The van der Waals surface area contributed by atoms with Crippen LogP contribution < -0.4 is 0 Å². The molecule has 2 aromatic rings. The van der Waals surface area contributed by atoms with Crippen molar-refractivity contribution in [1.29, 1.82) is 0 Å². The van der Waals surface area contributed by atoms with Gasteiger partial charge in [0, 0.05) is 10.8 Å². The molecule has 0 aliphatic heterocycles. The van der Waals surface area contributed by atoms with E-state index >= 15 is 0 Å². The van der Waals surface area contributed by atoms with Gasteiger partial charge in [-0.15, -0.1) is 0 Å². The number of aliphatic hydroxyl groups is 1. The van der Waals surface area contributed by atoms with E-state index in [1.807, 2.05) is 6.92 Å². The van der Waals surface area contributed by atoms with E-state index in [-0.39, 0.29) is 16.8 Å². The first-order chi connectivity index (χ1) is 7.60. The third kappa shape index (κ3) is 1.35. The topological polar surface area (TPSA) is 33.4 Å². The van der Waals surface area contributed by atoms with Gasteiger partial charge in [-0.05, 0) is 25.0 Å². The smallest absolute Gasteiger partial charge is 0.170 e. The average molecular weight is 220 g/mol. The van der Waals surface area contributed by atoms with E-state index in [0.29, 0.717) is 11.1 Å². The average Bonchev–Trinajstić information content (AvgIpc) is 2.86. The van der Waals surface area contributed by atoms with E-state index in [9.17, 15) is 9.50 Å². The molecule has 0 spiro atoms. The Morgan fingerprint density at radius 1 is 1.44 bits per heavy atom. The van der Waals surface area contributed by atoms with Crippen LogP contribution in [0.3, 0.4) is 0 Å². The molecule has 1 aromatic carbocycles. The van der Waals surface area contributed by atoms with Crippen LogP contribution in [0.1, 0.15) is 31.6 Å². The van der Waals surface area contributed by atoms with Gasteiger partial charge in [-0.2, -0.15) is 0 Å². The van der Waals surface area contributed by atoms with Gasteiger partial charge in [0.05, 0.1) is 0 Å². The number of hydrogen-bond acceptors (Lipinski definition) is 2. The number of benzene rings is 1. The molecule has 1 N–H and O–H groups in total. The second-order valence-electron chi connectivity index (χ2n) is 4.86. The maximum absolute atomic E-state index is 13.4. The Morgan fingerprint density at radius 3 is 2.81 bits per heavy atom. The highest BCUT2D eigenvalue weighted by atomic mass is 19.1. The molecule has 1 fully saturated rings. The number of furan rings is 1. The molecule has 16 heavy (non-hydrogen) atoms. The molecule has 0 radical (unpaired) electrons. The third-order valence-electron chi connectivity index (χ3n) is 3.48. The van der Waals surface area contributed by atoms with Gasteiger partial charge in [-0.1, -0.05) is 19.1 Å². The second-order valence-corrected chi connectivity index (χ2v) is 4.86. The van der Waals surface area contributed by atoms with Crippen LogP contribution in [0.4, 0.5) is 4.39 Å². The molecule has 1 aromatic heterocycles. The Labute approximate surface area is 92.7 Å². The zero-order valence-corrected chi connectivity index (χ0v) is 9.03. The summed E-state index contributed by atoms with van der Waals surface area (Å²) in [6.45, 7) is 2.02. The highest BCUT2D eigenvalue weighted by Gasteiger charge is 2.46. The lowest BCUT2D eigenvalue weighted by Gasteiger charge is -2.14. The van der Waals surface area contributed by atoms with Crippen LogP contribution in [-0.2, 0) is 0 Å². The van der Waals surface area contributed by atoms with Crippen molar-refractivity contribution in [3.8, 4) is 0 Å². The number of fused-ring (bicyclic) bond motifs is 1. The van der Waals surface area contributed by atoms with E-state index in [0.717, 1.165) is 12.8 Å². The molecule has 0 amide bonds. The summed E-state index contributed by atoms with van der Waals surface area (Å²) in [5.41, 5.74) is 0.158. The minimum Gasteiger partial charge on any atom is -0.455 e. The quantitative estimate of drug-likeness (QED) is 0.841. The number of aliphatic hydroxyl groups excluding tert-OH is 1. The van der Waals surface area contributed by atoms with Crippen molar-refractivity contribution in [3.05, 3.63) is 35.8 Å². The molecule has 1 aliphatic carbocycles. The van der Waals surface area contributed by atoms with Gasteiger partial charge in [0.25, 0.3) is 0 Å². The Hall–Kier alpha value is -1.35. The highest BCUT2D eigenvalue weighted by molar-refractivity contribution is 5.78. The predicted molar refractivity (Wildman–Crippen MR) is 58.5 cm³/mol. The largest absolute Gasteiger partial charge is 0.455 e. The lowest BCUT2D eigenvalue weighted by molar-refractivity contribution is 0.0825. The minimum absolute atomic E-state index is 0.0790. The minimum atomic E-state index is -0.626. The van der Waals surface area contributed by atoms with Crippen molar-refractivity contribution in [3.63, 3.8) is 0 Å². The van der Waals surface area contributed by atoms with Gasteiger partial charge in [-0.3, -0.25) is 0 Å². The number of para-hydroxylation sites is 1. The normalized spacial score (nSPS) is 19.9. The molecule has 1 aliphatic rings. The van der Waals surface area contributed by atoms with Crippen molar-refractivity contribution in [2.45, 2.75) is 25.9 Å². The summed E-state index contributed by atoms with van der Waals surface area (Å²) in [5.74, 6) is 0.0944. The van der Waals surface area contributed by atoms with Crippen molar-refractivity contribution in [2.75, 3.05) is 0 Å². The van der Waals surface area contributed by atoms with Gasteiger partial charge in [0.2, 0.25) is 0 Å². The van der Waals surface area contributed by atoms with E-state index in [2.05, 4.69) is 0 Å². The maximum atomic E-state index is 13.4. The van der Waals surface area contributed by atoms with Crippen LogP contribution in [0, 0.1) is 11.2 Å². The van der Waals surface area contributed by atoms with Crippen molar-refractivity contribution in [1.82, 2.24) is 0 Å². The first-order valence-electron chi connectivity index (χ1n) is 5.46. The Balaban J connectivity index is 2.08. The van der Waals surface area contributed by atoms with Gasteiger partial charge < -0.3 is 9.52 Å². The third-order valence-corrected chi connectivity index (χ3v) is 3.48. The van der Waals surface area contributed by atoms with Crippen molar-refractivity contribution < 1.29 is 13.9 Å². The monoisotopic (exact) mass is 220 g/mol. The highest BCUT2D eigenvalue weighted by Crippen LogP contribution is 2.54. The molecule has 1 heterocycles. The van der Waals surface area contributed by atoms with E-state index in [1.54, 1.807) is 18.2 Å². The summed E-state index contributed by atoms with van der Waals surface area (Å²) in [6, 6.07) is 6.52. The molecule has 2 nitrogen and oxygen atoms in total. The fourth-order valence-corrected chi connectivity index (χ4v) is 2.00. The van der Waals surface area contributed by atoms with Gasteiger partial charge in [-0.25, -0.2) is 4.39 Å². The molecule has 0 saturated heterocycles. The SMILES string of the molecule is CC1(C(O)c2cc3cccc(F)c3o2)CC1. The summed E-state index contributed by atoms with van der Waals surface area (Å²) in [5, 5.41) is 10.8. The molecular formula is C13H13FO2. The summed E-state index contributed by atoms with van der Waals surface area (Å²) in [7, 11) is 0. The van der Waals surface area contributed by atoms with E-state index < -0.39 is 6.10 Å². The van der Waals surface area contributed by atoms with E-state index in [4.69, 9.17) is 4.42 Å². The summed E-state index contributed by atoms with van der Waals surface area (Å²) >= 11 is 0. The predicted octanol–water partition coefficient (Wildman–Crippen LogP) is 3.41. The lowest BCUT2D eigenvalue weighted by Crippen LogP contribution is -2.08. The van der Waals surface area contributed by atoms with Crippen LogP contribution in [0.25, 0.3) is 11.0 Å². The van der Waals surface area contributed by atoms with Crippen LogP contribution in [0.2, 0.25) is 0 Å². The fraction of sp³-hybridized carbons (Fsp3) is 0.385. The Morgan fingerprint density at radius 2 is 2.19 bits per heavy atom. The van der Waals surface area contributed by atoms with Gasteiger partial charge in [0.15, 0.2) is 11.4 Å². The fourth-order valence-electron chi connectivity index (χ4n) is 2.00. The summed E-state index contributed by atoms with van der Waals surface area (Å²) in [6.07, 6.45) is 1.36. The maximum Gasteiger partial charge on any atom is 0.170 e. The van der Waals surface area contributed by atoms with Crippen LogP contribution in [0.15, 0.2) is 28.7 Å². The molecule has 0 bridgehead atoms. The standard InChI is InChI=1S/C13H13FO2/c1-13(5-6-13)12(15)10-7-8-3-2-4-9(14)11(8)16-10/h2-4,7,12,15H,5-6H2,1H3. The zero-order chi connectivity index (χ0) is 11.3. The lowest BCUT2D eigenvalue weighted by atomic mass is 10.00. The van der Waals surface area contributed by atoms with Crippen molar-refractivity contribution >= 4 is 11.0 Å². The van der Waals surface area contributed by atoms with Gasteiger partial charge in [0.1, 0.15) is 11.9 Å². The zero-order valence-electron chi connectivity index (χ0n) is 9.03. The number of rotatable bonds is 2. The molecule has 84 valence electrons. The van der Waals surface area contributed by atoms with Crippen LogP contribution in [0.5, 0.6) is 0 Å². The molecule has 1 atom stereocenters. The van der Waals surface area contributed by atoms with Crippen LogP contribution >= 0.6 is 0 Å². The molecule has 3 heteroatoms. The molecule has 1 saturated carbocycles. The Kier molecular flexibility index (Phi) is 1.89. The Bertz CT molecular complexity index is 540. The van der Waals surface area contributed by atoms with E-state index in [1.165, 1.54) is 6.07 Å². The van der Waals surface area contributed by atoms with Crippen LogP contribution in [-0.4, -0.2) is 5.11 Å². The molecular weight excluding hydrogens is 207 g/mol. The number of hydrogen-bond donors (Lipinski definition) is 1. The summed E-state index contributed by atoms with van der Waals surface area (Å²) in [4.78, 5) is 0. The second kappa shape index (κ2) is 3.08. The van der Waals surface area contributed by atoms with Gasteiger partial charge >= 0.3 is 0 Å². The number of halogens is 1. The first kappa shape index (κ1) is 9.85. The first-order valence-corrected chi connectivity index (χ1v) is 5.46. The summed E-state index contributed by atoms with van der Waals surface area (Å²) < 4.78 is 18.8.